The first-order valence-electron chi connectivity index (χ1n) is 6.05. The van der Waals surface area contributed by atoms with E-state index in [1.807, 2.05) is 0 Å². The lowest BCUT2D eigenvalue weighted by atomic mass is 9.49. The predicted molar refractivity (Wildman–Crippen MR) is 64.1 cm³/mol. The van der Waals surface area contributed by atoms with Gasteiger partial charge in [-0.2, -0.15) is 0 Å². The second-order valence-corrected chi connectivity index (χ2v) is 6.92. The molecule has 0 aromatic rings. The van der Waals surface area contributed by atoms with Crippen molar-refractivity contribution in [1.82, 2.24) is 0 Å². The van der Waals surface area contributed by atoms with Gasteiger partial charge in [0.05, 0.1) is 0 Å². The predicted octanol–water partition coefficient (Wildman–Crippen LogP) is 4.84. The highest BCUT2D eigenvalue weighted by molar-refractivity contribution is 5.08. The molecule has 0 amide bonds. The SMILES string of the molecule is CC(C)(C)C1(C(C)(C)C)[CH]CCCC1. The van der Waals surface area contributed by atoms with E-state index < -0.39 is 0 Å². The molecule has 0 saturated heterocycles. The molecule has 0 nitrogen and oxygen atoms in total. The van der Waals surface area contributed by atoms with E-state index in [9.17, 15) is 0 Å². The van der Waals surface area contributed by atoms with Crippen molar-refractivity contribution in [2.45, 2.75) is 67.2 Å². The van der Waals surface area contributed by atoms with E-state index in [0.29, 0.717) is 16.2 Å². The second-order valence-electron chi connectivity index (χ2n) is 6.92. The van der Waals surface area contributed by atoms with Crippen LogP contribution in [-0.4, -0.2) is 0 Å². The van der Waals surface area contributed by atoms with Gasteiger partial charge in [-0.3, -0.25) is 0 Å². The number of hydrogen-bond acceptors (Lipinski definition) is 0. The van der Waals surface area contributed by atoms with Gasteiger partial charge >= 0.3 is 0 Å². The molecule has 0 aromatic heterocycles. The normalized spacial score (nSPS) is 23.6. The molecule has 0 aromatic carbocycles. The van der Waals surface area contributed by atoms with Gasteiger partial charge in [0.15, 0.2) is 0 Å². The van der Waals surface area contributed by atoms with E-state index >= 15 is 0 Å². The summed E-state index contributed by atoms with van der Waals surface area (Å²) in [4.78, 5) is 0. The first kappa shape index (κ1) is 12.1. The third kappa shape index (κ3) is 1.85. The van der Waals surface area contributed by atoms with E-state index in [1.165, 1.54) is 25.7 Å². The molecule has 1 fully saturated rings. The minimum absolute atomic E-state index is 0.395. The summed E-state index contributed by atoms with van der Waals surface area (Å²) < 4.78 is 0. The van der Waals surface area contributed by atoms with Gasteiger partial charge in [-0.15, -0.1) is 0 Å². The third-order valence-electron chi connectivity index (χ3n) is 4.19. The van der Waals surface area contributed by atoms with Crippen molar-refractivity contribution >= 4 is 0 Å². The Bertz CT molecular complexity index is 165. The number of rotatable bonds is 0. The van der Waals surface area contributed by atoms with E-state index in [4.69, 9.17) is 0 Å². The van der Waals surface area contributed by atoms with Crippen LogP contribution in [0, 0.1) is 22.7 Å². The van der Waals surface area contributed by atoms with Crippen molar-refractivity contribution < 1.29 is 0 Å². The lowest BCUT2D eigenvalue weighted by Gasteiger charge is -2.56. The number of hydrogen-bond donors (Lipinski definition) is 0. The van der Waals surface area contributed by atoms with Crippen molar-refractivity contribution in [1.29, 1.82) is 0 Å². The van der Waals surface area contributed by atoms with Crippen molar-refractivity contribution in [3.8, 4) is 0 Å². The summed E-state index contributed by atoms with van der Waals surface area (Å²) in [5.41, 5.74) is 1.22. The Labute approximate surface area is 90.5 Å². The van der Waals surface area contributed by atoms with Gasteiger partial charge in [-0.05, 0) is 35.5 Å². The van der Waals surface area contributed by atoms with E-state index in [1.54, 1.807) is 0 Å². The van der Waals surface area contributed by atoms with Crippen molar-refractivity contribution in [3.63, 3.8) is 0 Å². The van der Waals surface area contributed by atoms with E-state index in [0.717, 1.165) is 0 Å². The van der Waals surface area contributed by atoms with Gasteiger partial charge < -0.3 is 0 Å². The Morgan fingerprint density at radius 1 is 0.857 bits per heavy atom. The molecule has 1 aliphatic rings. The van der Waals surface area contributed by atoms with Crippen molar-refractivity contribution in [2.75, 3.05) is 0 Å². The Hall–Kier alpha value is 0. The summed E-state index contributed by atoms with van der Waals surface area (Å²) in [7, 11) is 0. The molecule has 0 bridgehead atoms. The van der Waals surface area contributed by atoms with Gasteiger partial charge in [-0.1, -0.05) is 54.4 Å². The molecule has 0 aliphatic heterocycles. The molecule has 0 atom stereocenters. The zero-order valence-electron chi connectivity index (χ0n) is 10.9. The fourth-order valence-electron chi connectivity index (χ4n) is 3.49. The van der Waals surface area contributed by atoms with Crippen LogP contribution in [0.1, 0.15) is 67.2 Å². The maximum absolute atomic E-state index is 2.62. The average molecular weight is 195 g/mol. The van der Waals surface area contributed by atoms with Crippen LogP contribution >= 0.6 is 0 Å². The van der Waals surface area contributed by atoms with Crippen LogP contribution in [0.2, 0.25) is 0 Å². The molecule has 1 rings (SSSR count). The van der Waals surface area contributed by atoms with Crippen molar-refractivity contribution in [3.05, 3.63) is 6.42 Å². The first-order valence-corrected chi connectivity index (χ1v) is 6.05. The zero-order chi connectivity index (χ0) is 11.0. The van der Waals surface area contributed by atoms with Crippen LogP contribution in [0.15, 0.2) is 0 Å². The van der Waals surface area contributed by atoms with Gasteiger partial charge in [0, 0.05) is 0 Å². The molecule has 0 heteroatoms. The van der Waals surface area contributed by atoms with Crippen LogP contribution in [-0.2, 0) is 0 Å². The minimum atomic E-state index is 0.395. The standard InChI is InChI=1S/C14H27/c1-12(2,3)14(13(4,5)6)10-8-7-9-11-14/h10H,7-9,11H2,1-6H3. The summed E-state index contributed by atoms with van der Waals surface area (Å²) in [6, 6.07) is 0. The zero-order valence-corrected chi connectivity index (χ0v) is 10.9. The summed E-state index contributed by atoms with van der Waals surface area (Å²) in [6.45, 7) is 14.4. The summed E-state index contributed by atoms with van der Waals surface area (Å²) in [5, 5.41) is 0. The largest absolute Gasteiger partial charge is 0.0596 e. The highest BCUT2D eigenvalue weighted by Gasteiger charge is 2.50. The Kier molecular flexibility index (Phi) is 3.05. The highest BCUT2D eigenvalue weighted by Crippen LogP contribution is 2.58. The van der Waals surface area contributed by atoms with Gasteiger partial charge in [0.25, 0.3) is 0 Å². The van der Waals surface area contributed by atoms with Gasteiger partial charge in [0.1, 0.15) is 0 Å². The van der Waals surface area contributed by atoms with Crippen LogP contribution < -0.4 is 0 Å². The topological polar surface area (TPSA) is 0 Å². The smallest absolute Gasteiger partial charge is 0.0169 e. The molecular weight excluding hydrogens is 168 g/mol. The maximum atomic E-state index is 2.62. The first-order chi connectivity index (χ1) is 6.21. The Morgan fingerprint density at radius 3 is 1.57 bits per heavy atom. The summed E-state index contributed by atoms with van der Waals surface area (Å²) in [5.74, 6) is 0. The fraction of sp³-hybridized carbons (Fsp3) is 0.929. The monoisotopic (exact) mass is 195 g/mol. The molecular formula is C14H27. The summed E-state index contributed by atoms with van der Waals surface area (Å²) in [6.07, 6.45) is 8.12. The van der Waals surface area contributed by atoms with Crippen LogP contribution in [0.25, 0.3) is 0 Å². The van der Waals surface area contributed by atoms with E-state index in [2.05, 4.69) is 48.0 Å². The minimum Gasteiger partial charge on any atom is -0.0596 e. The molecule has 0 heterocycles. The molecule has 0 N–H and O–H groups in total. The molecule has 83 valence electrons. The lowest BCUT2D eigenvalue weighted by Crippen LogP contribution is -2.48. The molecule has 1 aliphatic carbocycles. The quantitative estimate of drug-likeness (QED) is 0.518. The fourth-order valence-corrected chi connectivity index (χ4v) is 3.49. The van der Waals surface area contributed by atoms with E-state index in [-0.39, 0.29) is 0 Å². The molecule has 0 unspecified atom stereocenters. The van der Waals surface area contributed by atoms with Crippen molar-refractivity contribution in [2.24, 2.45) is 16.2 Å². The molecule has 1 radical (unpaired) electrons. The Morgan fingerprint density at radius 2 is 1.36 bits per heavy atom. The lowest BCUT2D eigenvalue weighted by molar-refractivity contribution is -0.0225. The van der Waals surface area contributed by atoms with Crippen LogP contribution in [0.5, 0.6) is 0 Å². The van der Waals surface area contributed by atoms with Gasteiger partial charge in [0.2, 0.25) is 0 Å². The molecule has 1 saturated carbocycles. The van der Waals surface area contributed by atoms with Gasteiger partial charge in [-0.25, -0.2) is 0 Å². The van der Waals surface area contributed by atoms with Crippen LogP contribution in [0.3, 0.4) is 0 Å². The molecule has 14 heavy (non-hydrogen) atoms. The van der Waals surface area contributed by atoms with Crippen LogP contribution in [0.4, 0.5) is 0 Å². The second kappa shape index (κ2) is 3.54. The average Bonchev–Trinajstić information content (AvgIpc) is 2.02. The maximum Gasteiger partial charge on any atom is -0.0169 e. The Balaban J connectivity index is 3.01. The summed E-state index contributed by atoms with van der Waals surface area (Å²) >= 11 is 0. The third-order valence-corrected chi connectivity index (χ3v) is 4.19. The molecule has 0 spiro atoms. The highest BCUT2D eigenvalue weighted by atomic mass is 14.5.